The molecule has 0 aliphatic carbocycles. The van der Waals surface area contributed by atoms with Gasteiger partial charge in [0.2, 0.25) is 0 Å². The van der Waals surface area contributed by atoms with Gasteiger partial charge >= 0.3 is 6.03 Å². The number of carbonyl (C=O) groups excluding carboxylic acids is 1. The standard InChI is InChI=1S/C17H19BrN2O3S/c1-2-16(21)24(23,15-10-8-14(18)9-11-15)20-17(22)19-12-13-6-4-3-5-7-13/h3-11,16,21H,2,12H2,1H3,(H,19,22). The summed E-state index contributed by atoms with van der Waals surface area (Å²) in [5, 5.41) is 12.8. The molecule has 0 saturated carbocycles. The van der Waals surface area contributed by atoms with Gasteiger partial charge in [0, 0.05) is 11.0 Å². The summed E-state index contributed by atoms with van der Waals surface area (Å²) >= 11 is 3.30. The van der Waals surface area contributed by atoms with E-state index in [0.29, 0.717) is 4.90 Å². The first-order valence-corrected chi connectivity index (χ1v) is 9.84. The zero-order valence-electron chi connectivity index (χ0n) is 13.2. The number of nitrogens with zero attached hydrogens (tertiary/aromatic N) is 1. The van der Waals surface area contributed by atoms with Gasteiger partial charge in [0.1, 0.15) is 15.2 Å². The van der Waals surface area contributed by atoms with Crippen LogP contribution in [0.15, 0.2) is 68.3 Å². The van der Waals surface area contributed by atoms with Crippen molar-refractivity contribution in [3.63, 3.8) is 0 Å². The maximum absolute atomic E-state index is 13.2. The first kappa shape index (κ1) is 18.6. The minimum Gasteiger partial charge on any atom is -0.378 e. The number of nitrogens with one attached hydrogen (secondary N) is 1. The highest BCUT2D eigenvalue weighted by Crippen LogP contribution is 2.22. The summed E-state index contributed by atoms with van der Waals surface area (Å²) in [7, 11) is -3.27. The predicted octanol–water partition coefficient (Wildman–Crippen LogP) is 3.91. The Labute approximate surface area is 150 Å². The van der Waals surface area contributed by atoms with Gasteiger partial charge in [-0.15, -0.1) is 4.36 Å². The second kappa shape index (κ2) is 8.41. The molecule has 2 unspecified atom stereocenters. The molecule has 0 saturated heterocycles. The van der Waals surface area contributed by atoms with Gasteiger partial charge in [0.25, 0.3) is 0 Å². The van der Waals surface area contributed by atoms with Gasteiger partial charge in [-0.25, -0.2) is 9.00 Å². The monoisotopic (exact) mass is 410 g/mol. The van der Waals surface area contributed by atoms with Crippen LogP contribution in [0.2, 0.25) is 0 Å². The van der Waals surface area contributed by atoms with Crippen LogP contribution in [0.25, 0.3) is 0 Å². The normalized spacial score (nSPS) is 14.5. The summed E-state index contributed by atoms with van der Waals surface area (Å²) in [6, 6.07) is 15.2. The highest BCUT2D eigenvalue weighted by atomic mass is 79.9. The van der Waals surface area contributed by atoms with E-state index in [0.717, 1.165) is 10.0 Å². The molecule has 2 N–H and O–H groups in total. The van der Waals surface area contributed by atoms with Crippen LogP contribution in [0.5, 0.6) is 0 Å². The lowest BCUT2D eigenvalue weighted by molar-refractivity contribution is 0.244. The molecule has 0 aromatic heterocycles. The number of halogens is 1. The number of hydrogen-bond donors (Lipinski definition) is 2. The van der Waals surface area contributed by atoms with Crippen molar-refractivity contribution in [1.82, 2.24) is 5.32 Å². The number of hydrogen-bond acceptors (Lipinski definition) is 3. The summed E-state index contributed by atoms with van der Waals surface area (Å²) < 4.78 is 17.8. The van der Waals surface area contributed by atoms with Gasteiger partial charge in [-0.1, -0.05) is 53.2 Å². The maximum atomic E-state index is 13.2. The zero-order chi connectivity index (χ0) is 17.6. The summed E-state index contributed by atoms with van der Waals surface area (Å²) in [5.74, 6) is 0. The smallest absolute Gasteiger partial charge is 0.349 e. The van der Waals surface area contributed by atoms with Gasteiger partial charge < -0.3 is 10.4 Å². The van der Waals surface area contributed by atoms with Crippen molar-refractivity contribution >= 4 is 31.7 Å². The van der Waals surface area contributed by atoms with Crippen molar-refractivity contribution in [2.24, 2.45) is 4.36 Å². The molecule has 2 aromatic carbocycles. The first-order valence-electron chi connectivity index (χ1n) is 7.47. The van der Waals surface area contributed by atoms with Crippen LogP contribution >= 0.6 is 15.9 Å². The lowest BCUT2D eigenvalue weighted by Gasteiger charge is -2.15. The number of aliphatic hydroxyl groups excluding tert-OH is 1. The Morgan fingerprint density at radius 2 is 1.83 bits per heavy atom. The van der Waals surface area contributed by atoms with E-state index in [9.17, 15) is 14.1 Å². The Kier molecular flexibility index (Phi) is 6.53. The Bertz CT molecular complexity index is 800. The molecule has 0 aliphatic rings. The quantitative estimate of drug-likeness (QED) is 0.783. The van der Waals surface area contributed by atoms with E-state index in [4.69, 9.17) is 0 Å². The highest BCUT2D eigenvalue weighted by Gasteiger charge is 2.23. The third-order valence-electron chi connectivity index (χ3n) is 3.37. The average molecular weight is 411 g/mol. The molecule has 2 rings (SSSR count). The topological polar surface area (TPSA) is 78.8 Å². The second-order valence-electron chi connectivity index (χ2n) is 5.12. The van der Waals surface area contributed by atoms with Gasteiger partial charge in [-0.3, -0.25) is 0 Å². The Hall–Kier alpha value is -1.70. The van der Waals surface area contributed by atoms with Gasteiger partial charge in [0.05, 0.1) is 4.90 Å². The number of benzene rings is 2. The first-order chi connectivity index (χ1) is 11.5. The van der Waals surface area contributed by atoms with Gasteiger partial charge in [-0.2, -0.15) is 0 Å². The predicted molar refractivity (Wildman–Crippen MR) is 98.0 cm³/mol. The van der Waals surface area contributed by atoms with E-state index in [1.54, 1.807) is 31.2 Å². The van der Waals surface area contributed by atoms with Crippen molar-refractivity contribution in [2.75, 3.05) is 0 Å². The molecule has 2 atom stereocenters. The molecule has 5 nitrogen and oxygen atoms in total. The molecule has 0 aliphatic heterocycles. The molecular formula is C17H19BrN2O3S. The van der Waals surface area contributed by atoms with Crippen LogP contribution in [-0.4, -0.2) is 20.8 Å². The number of amides is 2. The van der Waals surface area contributed by atoms with Gasteiger partial charge in [-0.05, 0) is 36.2 Å². The molecule has 2 amide bonds. The lowest BCUT2D eigenvalue weighted by Crippen LogP contribution is -2.25. The molecule has 24 heavy (non-hydrogen) atoms. The summed E-state index contributed by atoms with van der Waals surface area (Å²) in [6.07, 6.45) is 0.227. The fourth-order valence-electron chi connectivity index (χ4n) is 2.06. The van der Waals surface area contributed by atoms with Crippen LogP contribution in [0, 0.1) is 0 Å². The third-order valence-corrected chi connectivity index (χ3v) is 6.36. The lowest BCUT2D eigenvalue weighted by atomic mass is 10.2. The van der Waals surface area contributed by atoms with E-state index in [1.165, 1.54) is 0 Å². The van der Waals surface area contributed by atoms with E-state index in [1.807, 2.05) is 30.3 Å². The summed E-state index contributed by atoms with van der Waals surface area (Å²) in [6.45, 7) is 1.97. The van der Waals surface area contributed by atoms with E-state index in [-0.39, 0.29) is 13.0 Å². The van der Waals surface area contributed by atoms with E-state index < -0.39 is 21.2 Å². The van der Waals surface area contributed by atoms with Gasteiger partial charge in [0.15, 0.2) is 0 Å². The Balaban J connectivity index is 2.26. The van der Waals surface area contributed by atoms with Crippen molar-refractivity contribution in [2.45, 2.75) is 30.2 Å². The number of aliphatic hydroxyl groups is 1. The van der Waals surface area contributed by atoms with Crippen molar-refractivity contribution in [3.8, 4) is 0 Å². The fourth-order valence-corrected chi connectivity index (χ4v) is 4.15. The minimum atomic E-state index is -3.27. The van der Waals surface area contributed by atoms with Crippen molar-refractivity contribution in [3.05, 3.63) is 64.6 Å². The van der Waals surface area contributed by atoms with Crippen LogP contribution in [0.3, 0.4) is 0 Å². The van der Waals surface area contributed by atoms with E-state index in [2.05, 4.69) is 25.6 Å². The molecule has 7 heteroatoms. The summed E-state index contributed by atoms with van der Waals surface area (Å²) in [5.41, 5.74) is -0.312. The van der Waals surface area contributed by atoms with Crippen LogP contribution in [0.4, 0.5) is 4.79 Å². The Morgan fingerprint density at radius 1 is 1.21 bits per heavy atom. The second-order valence-corrected chi connectivity index (χ2v) is 8.37. The molecule has 0 radical (unpaired) electrons. The molecule has 0 spiro atoms. The van der Waals surface area contributed by atoms with Crippen molar-refractivity contribution in [1.29, 1.82) is 0 Å². The van der Waals surface area contributed by atoms with E-state index >= 15 is 0 Å². The van der Waals surface area contributed by atoms with Crippen LogP contribution < -0.4 is 5.32 Å². The largest absolute Gasteiger partial charge is 0.378 e. The molecule has 128 valence electrons. The fraction of sp³-hybridized carbons (Fsp3) is 0.235. The summed E-state index contributed by atoms with van der Waals surface area (Å²) in [4.78, 5) is 12.4. The minimum absolute atomic E-state index is 0.227. The molecular weight excluding hydrogens is 392 g/mol. The molecule has 0 fully saturated rings. The molecule has 0 heterocycles. The molecule has 2 aromatic rings. The number of carbonyl (C=O) groups is 1. The third kappa shape index (κ3) is 4.66. The number of rotatable bonds is 5. The zero-order valence-corrected chi connectivity index (χ0v) is 15.6. The van der Waals surface area contributed by atoms with Crippen LogP contribution in [0.1, 0.15) is 18.9 Å². The Morgan fingerprint density at radius 3 is 2.42 bits per heavy atom. The highest BCUT2D eigenvalue weighted by molar-refractivity contribution is 9.10. The SMILES string of the molecule is CCC(O)S(=O)(=NC(=O)NCc1ccccc1)c1ccc(Br)cc1. The maximum Gasteiger partial charge on any atom is 0.349 e. The molecule has 0 bridgehead atoms. The average Bonchev–Trinajstić information content (AvgIpc) is 2.60. The van der Waals surface area contributed by atoms with Crippen molar-refractivity contribution < 1.29 is 14.1 Å². The number of urea groups is 1. The van der Waals surface area contributed by atoms with Crippen LogP contribution in [-0.2, 0) is 16.3 Å².